The van der Waals surface area contributed by atoms with Crippen LogP contribution in [0.5, 0.6) is 0 Å². The van der Waals surface area contributed by atoms with Gasteiger partial charge in [0.05, 0.1) is 6.04 Å². The third kappa shape index (κ3) is 6.33. The molecule has 0 radical (unpaired) electrons. The SMILES string of the molecule is CCCN1CCC(NC(=NC)NCC(c2ccccc2)N(C)C)CC1. The molecule has 1 aliphatic heterocycles. The molecule has 0 aromatic heterocycles. The summed E-state index contributed by atoms with van der Waals surface area (Å²) in [6.45, 7) is 6.69. The number of benzene rings is 1. The maximum atomic E-state index is 4.42. The Hall–Kier alpha value is -1.59. The fourth-order valence-corrected chi connectivity index (χ4v) is 3.47. The summed E-state index contributed by atoms with van der Waals surface area (Å²) in [4.78, 5) is 9.23. The van der Waals surface area contributed by atoms with Gasteiger partial charge in [-0.3, -0.25) is 4.99 Å². The quantitative estimate of drug-likeness (QED) is 0.588. The molecule has 2 rings (SSSR count). The monoisotopic (exact) mass is 345 g/mol. The van der Waals surface area contributed by atoms with Gasteiger partial charge in [0.1, 0.15) is 0 Å². The first-order chi connectivity index (χ1) is 12.1. The standard InChI is InChI=1S/C20H35N5/c1-5-13-25-14-11-18(12-15-25)23-20(21-2)22-16-19(24(3)4)17-9-7-6-8-10-17/h6-10,18-19H,5,11-16H2,1-4H3,(H2,21,22,23). The molecule has 0 bridgehead atoms. The fourth-order valence-electron chi connectivity index (χ4n) is 3.47. The minimum absolute atomic E-state index is 0.325. The highest BCUT2D eigenvalue weighted by molar-refractivity contribution is 5.80. The predicted octanol–water partition coefficient (Wildman–Crippen LogP) is 2.33. The van der Waals surface area contributed by atoms with E-state index in [1.807, 2.05) is 7.05 Å². The molecule has 1 unspecified atom stereocenters. The number of nitrogens with zero attached hydrogens (tertiary/aromatic N) is 3. The van der Waals surface area contributed by atoms with Crippen molar-refractivity contribution in [1.29, 1.82) is 0 Å². The number of likely N-dealkylation sites (N-methyl/N-ethyl adjacent to an activating group) is 1. The van der Waals surface area contributed by atoms with Crippen molar-refractivity contribution < 1.29 is 0 Å². The van der Waals surface area contributed by atoms with Crippen LogP contribution in [0.15, 0.2) is 35.3 Å². The number of hydrogen-bond donors (Lipinski definition) is 2. The average molecular weight is 346 g/mol. The van der Waals surface area contributed by atoms with Crippen LogP contribution in [0.4, 0.5) is 0 Å². The van der Waals surface area contributed by atoms with Gasteiger partial charge < -0.3 is 20.4 Å². The van der Waals surface area contributed by atoms with Crippen LogP contribution in [0.2, 0.25) is 0 Å². The molecular weight excluding hydrogens is 310 g/mol. The molecule has 0 spiro atoms. The molecule has 1 atom stereocenters. The molecule has 1 aromatic rings. The van der Waals surface area contributed by atoms with E-state index in [1.165, 1.54) is 44.5 Å². The second-order valence-corrected chi connectivity index (χ2v) is 7.10. The third-order valence-electron chi connectivity index (χ3n) is 4.96. The van der Waals surface area contributed by atoms with E-state index in [9.17, 15) is 0 Å². The van der Waals surface area contributed by atoms with Crippen LogP contribution in [0.25, 0.3) is 0 Å². The number of nitrogens with one attached hydrogen (secondary N) is 2. The van der Waals surface area contributed by atoms with E-state index in [-0.39, 0.29) is 0 Å². The van der Waals surface area contributed by atoms with E-state index >= 15 is 0 Å². The zero-order valence-corrected chi connectivity index (χ0v) is 16.3. The summed E-state index contributed by atoms with van der Waals surface area (Å²) in [6.07, 6.45) is 3.62. The van der Waals surface area contributed by atoms with Gasteiger partial charge in [-0.2, -0.15) is 0 Å². The van der Waals surface area contributed by atoms with Gasteiger partial charge in [0.25, 0.3) is 0 Å². The van der Waals surface area contributed by atoms with E-state index in [1.54, 1.807) is 0 Å². The molecule has 1 aliphatic rings. The van der Waals surface area contributed by atoms with Crippen LogP contribution in [0.3, 0.4) is 0 Å². The van der Waals surface area contributed by atoms with Gasteiger partial charge in [-0.25, -0.2) is 0 Å². The molecule has 5 heteroatoms. The zero-order chi connectivity index (χ0) is 18.1. The maximum Gasteiger partial charge on any atom is 0.191 e. The maximum absolute atomic E-state index is 4.42. The van der Waals surface area contributed by atoms with Gasteiger partial charge in [0, 0.05) is 32.7 Å². The van der Waals surface area contributed by atoms with E-state index in [2.05, 4.69) is 76.8 Å². The lowest BCUT2D eigenvalue weighted by molar-refractivity contribution is 0.206. The van der Waals surface area contributed by atoms with Crippen LogP contribution in [-0.4, -0.2) is 69.1 Å². The molecule has 0 amide bonds. The molecule has 1 saturated heterocycles. The van der Waals surface area contributed by atoms with Crippen molar-refractivity contribution in [2.24, 2.45) is 4.99 Å². The Labute approximate surface area is 153 Å². The van der Waals surface area contributed by atoms with Crippen molar-refractivity contribution >= 4 is 5.96 Å². The Bertz CT molecular complexity index is 506. The first-order valence-electron chi connectivity index (χ1n) is 9.55. The second-order valence-electron chi connectivity index (χ2n) is 7.10. The first-order valence-corrected chi connectivity index (χ1v) is 9.55. The van der Waals surface area contributed by atoms with E-state index < -0.39 is 0 Å². The molecule has 2 N–H and O–H groups in total. The third-order valence-corrected chi connectivity index (χ3v) is 4.96. The summed E-state index contributed by atoms with van der Waals surface area (Å²) in [7, 11) is 6.10. The summed E-state index contributed by atoms with van der Waals surface area (Å²) >= 11 is 0. The lowest BCUT2D eigenvalue weighted by Crippen LogP contribution is -2.49. The molecule has 0 saturated carbocycles. The normalized spacial score (nSPS) is 18.4. The lowest BCUT2D eigenvalue weighted by Gasteiger charge is -2.33. The Morgan fingerprint density at radius 1 is 1.24 bits per heavy atom. The minimum Gasteiger partial charge on any atom is -0.354 e. The largest absolute Gasteiger partial charge is 0.354 e. The second kappa shape index (κ2) is 10.4. The molecule has 5 nitrogen and oxygen atoms in total. The van der Waals surface area contributed by atoms with Gasteiger partial charge >= 0.3 is 0 Å². The van der Waals surface area contributed by atoms with Gasteiger partial charge in [-0.05, 0) is 45.5 Å². The van der Waals surface area contributed by atoms with Crippen molar-refractivity contribution in [2.75, 3.05) is 47.3 Å². The highest BCUT2D eigenvalue weighted by Crippen LogP contribution is 2.16. The van der Waals surface area contributed by atoms with E-state index in [4.69, 9.17) is 0 Å². The van der Waals surface area contributed by atoms with Crippen molar-refractivity contribution in [2.45, 2.75) is 38.3 Å². The van der Waals surface area contributed by atoms with Crippen LogP contribution < -0.4 is 10.6 Å². The molecule has 0 aliphatic carbocycles. The zero-order valence-electron chi connectivity index (χ0n) is 16.3. The highest BCUT2D eigenvalue weighted by Gasteiger charge is 2.20. The van der Waals surface area contributed by atoms with Crippen molar-refractivity contribution in [3.05, 3.63) is 35.9 Å². The Kier molecular flexibility index (Phi) is 8.22. The lowest BCUT2D eigenvalue weighted by atomic mass is 10.0. The molecular formula is C20H35N5. The van der Waals surface area contributed by atoms with Gasteiger partial charge in [0.2, 0.25) is 0 Å². The summed E-state index contributed by atoms with van der Waals surface area (Å²) in [6, 6.07) is 11.5. The number of rotatable bonds is 7. The number of aliphatic imine (C=N–C) groups is 1. The van der Waals surface area contributed by atoms with E-state index in [0.29, 0.717) is 12.1 Å². The molecule has 1 fully saturated rings. The first kappa shape index (κ1) is 19.7. The van der Waals surface area contributed by atoms with Gasteiger partial charge in [-0.15, -0.1) is 0 Å². The number of hydrogen-bond acceptors (Lipinski definition) is 3. The summed E-state index contributed by atoms with van der Waals surface area (Å²) in [5.74, 6) is 0.914. The highest BCUT2D eigenvalue weighted by atomic mass is 15.2. The topological polar surface area (TPSA) is 42.9 Å². The van der Waals surface area contributed by atoms with Crippen molar-refractivity contribution in [3.8, 4) is 0 Å². The number of likely N-dealkylation sites (tertiary alicyclic amines) is 1. The summed E-state index contributed by atoms with van der Waals surface area (Å²) in [5, 5.41) is 7.12. The Morgan fingerprint density at radius 2 is 1.92 bits per heavy atom. The average Bonchev–Trinajstić information content (AvgIpc) is 2.63. The fraction of sp³-hybridized carbons (Fsp3) is 0.650. The molecule has 1 aromatic carbocycles. The Balaban J connectivity index is 1.83. The molecule has 1 heterocycles. The van der Waals surface area contributed by atoms with Crippen LogP contribution in [0.1, 0.15) is 37.8 Å². The van der Waals surface area contributed by atoms with Crippen molar-refractivity contribution in [1.82, 2.24) is 20.4 Å². The number of guanidine groups is 1. The van der Waals surface area contributed by atoms with Crippen molar-refractivity contribution in [3.63, 3.8) is 0 Å². The molecule has 140 valence electrons. The van der Waals surface area contributed by atoms with E-state index in [0.717, 1.165) is 12.5 Å². The van der Waals surface area contributed by atoms with Gasteiger partial charge in [0.15, 0.2) is 5.96 Å². The van der Waals surface area contributed by atoms with Crippen LogP contribution >= 0.6 is 0 Å². The van der Waals surface area contributed by atoms with Crippen LogP contribution in [0, 0.1) is 0 Å². The Morgan fingerprint density at radius 3 is 2.48 bits per heavy atom. The van der Waals surface area contributed by atoms with Crippen LogP contribution in [-0.2, 0) is 0 Å². The minimum atomic E-state index is 0.325. The molecule has 25 heavy (non-hydrogen) atoms. The summed E-state index contributed by atoms with van der Waals surface area (Å²) < 4.78 is 0. The summed E-state index contributed by atoms with van der Waals surface area (Å²) in [5.41, 5.74) is 1.32. The number of piperidine rings is 1. The predicted molar refractivity (Wildman–Crippen MR) is 107 cm³/mol. The smallest absolute Gasteiger partial charge is 0.191 e. The van der Waals surface area contributed by atoms with Gasteiger partial charge in [-0.1, -0.05) is 37.3 Å².